The first kappa shape index (κ1) is 18.0. The zero-order chi connectivity index (χ0) is 18.5. The zero-order valence-corrected chi connectivity index (χ0v) is 14.9. The van der Waals surface area contributed by atoms with Gasteiger partial charge in [0.2, 0.25) is 17.7 Å². The zero-order valence-electron chi connectivity index (χ0n) is 14.1. The Hall–Kier alpha value is -2.80. The van der Waals surface area contributed by atoms with Crippen LogP contribution in [-0.2, 0) is 16.0 Å². The molecular weight excluding hydrogens is 350 g/mol. The highest BCUT2D eigenvalue weighted by atomic mass is 32.2. The van der Waals surface area contributed by atoms with Gasteiger partial charge < -0.3 is 16.0 Å². The standard InChI is InChI=1S/C19H19N3O3S/c20-19(25)14-5-3-4-13(10-14)8-9-21-17(23)11-22-15-6-1-2-7-16(15)26-12-18(22)24/h1-7,10H,8-9,11-12H2,(H2,20,25)(H,21,23). The molecule has 0 aromatic heterocycles. The molecule has 0 aliphatic carbocycles. The summed E-state index contributed by atoms with van der Waals surface area (Å²) in [6, 6.07) is 14.6. The molecule has 0 saturated heterocycles. The number of nitrogens with two attached hydrogens (primary N) is 1. The van der Waals surface area contributed by atoms with Crippen molar-refractivity contribution >= 4 is 35.2 Å². The third-order valence-electron chi connectivity index (χ3n) is 4.06. The van der Waals surface area contributed by atoms with Gasteiger partial charge in [-0.2, -0.15) is 0 Å². The van der Waals surface area contributed by atoms with Crippen LogP contribution in [0.25, 0.3) is 0 Å². The maximum Gasteiger partial charge on any atom is 0.248 e. The Bertz CT molecular complexity index is 853. The van der Waals surface area contributed by atoms with Crippen LogP contribution in [0.3, 0.4) is 0 Å². The molecule has 0 bridgehead atoms. The van der Waals surface area contributed by atoms with Gasteiger partial charge in [0.15, 0.2) is 0 Å². The molecule has 1 aliphatic rings. The third kappa shape index (κ3) is 4.23. The maximum atomic E-state index is 12.2. The van der Waals surface area contributed by atoms with Crippen molar-refractivity contribution in [3.63, 3.8) is 0 Å². The van der Waals surface area contributed by atoms with E-state index in [9.17, 15) is 14.4 Å². The fourth-order valence-electron chi connectivity index (χ4n) is 2.75. The number of nitrogens with zero attached hydrogens (tertiary/aromatic N) is 1. The van der Waals surface area contributed by atoms with Crippen molar-refractivity contribution in [3.05, 3.63) is 59.7 Å². The summed E-state index contributed by atoms with van der Waals surface area (Å²) in [6.07, 6.45) is 0.577. The van der Waals surface area contributed by atoms with Crippen molar-refractivity contribution in [3.8, 4) is 0 Å². The van der Waals surface area contributed by atoms with Gasteiger partial charge in [0.1, 0.15) is 6.54 Å². The van der Waals surface area contributed by atoms with Gasteiger partial charge in [-0.15, -0.1) is 11.8 Å². The average molecular weight is 369 g/mol. The van der Waals surface area contributed by atoms with E-state index in [0.29, 0.717) is 24.3 Å². The number of fused-ring (bicyclic) bond motifs is 1. The number of nitrogens with one attached hydrogen (secondary N) is 1. The Morgan fingerprint density at radius 3 is 2.77 bits per heavy atom. The van der Waals surface area contributed by atoms with Gasteiger partial charge in [-0.05, 0) is 36.2 Å². The SMILES string of the molecule is NC(=O)c1cccc(CCNC(=O)CN2C(=O)CSc3ccccc32)c1. The number of benzene rings is 2. The molecular formula is C19H19N3O3S. The molecule has 2 aromatic rings. The molecule has 0 radical (unpaired) electrons. The summed E-state index contributed by atoms with van der Waals surface area (Å²) < 4.78 is 0. The number of para-hydroxylation sites is 1. The molecule has 0 spiro atoms. The summed E-state index contributed by atoms with van der Waals surface area (Å²) in [4.78, 5) is 38.1. The molecule has 0 unspecified atom stereocenters. The Balaban J connectivity index is 1.56. The summed E-state index contributed by atoms with van der Waals surface area (Å²) in [5.74, 6) is -0.426. The van der Waals surface area contributed by atoms with Crippen molar-refractivity contribution in [2.24, 2.45) is 5.73 Å². The minimum Gasteiger partial charge on any atom is -0.366 e. The second-order valence-corrected chi connectivity index (χ2v) is 6.92. The molecule has 26 heavy (non-hydrogen) atoms. The van der Waals surface area contributed by atoms with Gasteiger partial charge in [-0.25, -0.2) is 0 Å². The van der Waals surface area contributed by atoms with E-state index in [1.54, 1.807) is 18.2 Å². The molecule has 3 N–H and O–H groups in total. The number of anilines is 1. The van der Waals surface area contributed by atoms with Crippen LogP contribution in [-0.4, -0.2) is 36.6 Å². The Morgan fingerprint density at radius 1 is 1.15 bits per heavy atom. The van der Waals surface area contributed by atoms with E-state index in [-0.39, 0.29) is 18.4 Å². The van der Waals surface area contributed by atoms with Gasteiger partial charge in [0.05, 0.1) is 11.4 Å². The van der Waals surface area contributed by atoms with E-state index in [1.807, 2.05) is 30.3 Å². The van der Waals surface area contributed by atoms with E-state index in [1.165, 1.54) is 16.7 Å². The van der Waals surface area contributed by atoms with E-state index >= 15 is 0 Å². The second kappa shape index (κ2) is 8.05. The minimum atomic E-state index is -0.476. The number of primary amides is 1. The molecule has 0 fully saturated rings. The normalized spacial score (nSPS) is 13.2. The summed E-state index contributed by atoms with van der Waals surface area (Å²) in [5, 5.41) is 2.82. The lowest BCUT2D eigenvalue weighted by molar-refractivity contribution is -0.122. The molecule has 2 aromatic carbocycles. The van der Waals surface area contributed by atoms with Crippen LogP contribution in [0, 0.1) is 0 Å². The highest BCUT2D eigenvalue weighted by Crippen LogP contribution is 2.34. The number of hydrogen-bond donors (Lipinski definition) is 2. The highest BCUT2D eigenvalue weighted by Gasteiger charge is 2.25. The molecule has 1 aliphatic heterocycles. The molecule has 134 valence electrons. The predicted molar refractivity (Wildman–Crippen MR) is 101 cm³/mol. The maximum absolute atomic E-state index is 12.2. The molecule has 3 rings (SSSR count). The van der Waals surface area contributed by atoms with Crippen LogP contribution < -0.4 is 16.0 Å². The molecule has 0 saturated carbocycles. The number of carbonyl (C=O) groups excluding carboxylic acids is 3. The van der Waals surface area contributed by atoms with Crippen LogP contribution in [0.15, 0.2) is 53.4 Å². The molecule has 3 amide bonds. The summed E-state index contributed by atoms with van der Waals surface area (Å²) in [7, 11) is 0. The predicted octanol–water partition coefficient (Wildman–Crippen LogP) is 1.58. The first-order chi connectivity index (χ1) is 12.5. The topological polar surface area (TPSA) is 92.5 Å². The van der Waals surface area contributed by atoms with Crippen LogP contribution in [0.4, 0.5) is 5.69 Å². The molecule has 7 heteroatoms. The molecule has 6 nitrogen and oxygen atoms in total. The van der Waals surface area contributed by atoms with Gasteiger partial charge in [0, 0.05) is 17.0 Å². The third-order valence-corrected chi connectivity index (χ3v) is 5.10. The van der Waals surface area contributed by atoms with Gasteiger partial charge in [0.25, 0.3) is 0 Å². The van der Waals surface area contributed by atoms with Gasteiger partial charge in [-0.1, -0.05) is 24.3 Å². The first-order valence-electron chi connectivity index (χ1n) is 8.22. The first-order valence-corrected chi connectivity index (χ1v) is 9.21. The summed E-state index contributed by atoms with van der Waals surface area (Å²) in [6.45, 7) is 0.414. The lowest BCUT2D eigenvalue weighted by atomic mass is 10.1. The van der Waals surface area contributed by atoms with E-state index in [4.69, 9.17) is 5.73 Å². The van der Waals surface area contributed by atoms with Crippen LogP contribution >= 0.6 is 11.8 Å². The number of carbonyl (C=O) groups is 3. The van der Waals surface area contributed by atoms with Crippen molar-refractivity contribution in [2.45, 2.75) is 11.3 Å². The number of rotatable bonds is 6. The van der Waals surface area contributed by atoms with Crippen molar-refractivity contribution in [1.82, 2.24) is 5.32 Å². The van der Waals surface area contributed by atoms with Gasteiger partial charge in [-0.3, -0.25) is 14.4 Å². The summed E-state index contributed by atoms with van der Waals surface area (Å²) >= 11 is 1.49. The van der Waals surface area contributed by atoms with Crippen LogP contribution in [0.1, 0.15) is 15.9 Å². The van der Waals surface area contributed by atoms with Crippen molar-refractivity contribution < 1.29 is 14.4 Å². The molecule has 1 heterocycles. The largest absolute Gasteiger partial charge is 0.366 e. The smallest absolute Gasteiger partial charge is 0.248 e. The Kier molecular flexibility index (Phi) is 5.58. The van der Waals surface area contributed by atoms with E-state index in [2.05, 4.69) is 5.32 Å². The molecule has 0 atom stereocenters. The van der Waals surface area contributed by atoms with Crippen molar-refractivity contribution in [1.29, 1.82) is 0 Å². The second-order valence-electron chi connectivity index (χ2n) is 5.90. The Labute approximate surface area is 155 Å². The van der Waals surface area contributed by atoms with Crippen LogP contribution in [0.5, 0.6) is 0 Å². The monoisotopic (exact) mass is 369 g/mol. The summed E-state index contributed by atoms with van der Waals surface area (Å²) in [5.41, 5.74) is 7.40. The lowest BCUT2D eigenvalue weighted by Gasteiger charge is -2.28. The van der Waals surface area contributed by atoms with E-state index in [0.717, 1.165) is 16.1 Å². The minimum absolute atomic E-state index is 0.00225. The quantitative estimate of drug-likeness (QED) is 0.809. The number of thioether (sulfide) groups is 1. The fourth-order valence-corrected chi connectivity index (χ4v) is 3.69. The van der Waals surface area contributed by atoms with Gasteiger partial charge >= 0.3 is 0 Å². The van der Waals surface area contributed by atoms with Crippen molar-refractivity contribution in [2.75, 3.05) is 23.7 Å². The average Bonchev–Trinajstić information content (AvgIpc) is 2.64. The van der Waals surface area contributed by atoms with Crippen LogP contribution in [0.2, 0.25) is 0 Å². The van der Waals surface area contributed by atoms with E-state index < -0.39 is 5.91 Å². The fraction of sp³-hybridized carbons (Fsp3) is 0.211. The highest BCUT2D eigenvalue weighted by molar-refractivity contribution is 8.00. The Morgan fingerprint density at radius 2 is 1.96 bits per heavy atom. The number of amides is 3. The lowest BCUT2D eigenvalue weighted by Crippen LogP contribution is -2.43. The number of hydrogen-bond acceptors (Lipinski definition) is 4.